The Balaban J connectivity index is 1.31. The highest BCUT2D eigenvalue weighted by Crippen LogP contribution is 2.24. The molecule has 0 aliphatic carbocycles. The molecule has 5 atom stereocenters. The van der Waals surface area contributed by atoms with Crippen LogP contribution in [-0.2, 0) is 25.5 Å². The molecule has 1 aromatic carbocycles. The van der Waals surface area contributed by atoms with Crippen LogP contribution < -0.4 is 16.4 Å². The number of anilines is 1. The number of esters is 1. The lowest BCUT2D eigenvalue weighted by Crippen LogP contribution is -2.49. The van der Waals surface area contributed by atoms with Crippen molar-refractivity contribution in [2.24, 2.45) is 11.7 Å². The number of nitrogens with zero attached hydrogens (tertiary/aromatic N) is 3. The van der Waals surface area contributed by atoms with Crippen molar-refractivity contribution in [1.82, 2.24) is 20.2 Å². The number of aliphatic hydroxyl groups is 1. The van der Waals surface area contributed by atoms with Gasteiger partial charge in [0.15, 0.2) is 11.6 Å². The average molecular weight is 701 g/mol. The third-order valence-corrected chi connectivity index (χ3v) is 8.69. The van der Waals surface area contributed by atoms with E-state index in [0.717, 1.165) is 16.3 Å². The van der Waals surface area contributed by atoms with Gasteiger partial charge in [-0.25, -0.2) is 19.6 Å². The van der Waals surface area contributed by atoms with Crippen LogP contribution in [0.3, 0.4) is 0 Å². The summed E-state index contributed by atoms with van der Waals surface area (Å²) in [6, 6.07) is 7.36. The number of nitrogens with two attached hydrogens (primary N) is 1. The lowest BCUT2D eigenvalue weighted by Gasteiger charge is -2.30. The molecule has 2 bridgehead atoms. The molecule has 270 valence electrons. The lowest BCUT2D eigenvalue weighted by atomic mass is 9.97. The topological polar surface area (TPSA) is 199 Å². The van der Waals surface area contributed by atoms with Crippen molar-refractivity contribution in [3.63, 3.8) is 0 Å². The molecule has 0 saturated carbocycles. The van der Waals surface area contributed by atoms with Gasteiger partial charge in [-0.15, -0.1) is 0 Å². The van der Waals surface area contributed by atoms with Crippen LogP contribution in [0.15, 0.2) is 83.2 Å². The van der Waals surface area contributed by atoms with Gasteiger partial charge >= 0.3 is 12.1 Å². The van der Waals surface area contributed by atoms with Crippen molar-refractivity contribution in [3.05, 3.63) is 90.3 Å². The molecule has 1 saturated heterocycles. The summed E-state index contributed by atoms with van der Waals surface area (Å²) >= 11 is 0. The highest BCUT2D eigenvalue weighted by atomic mass is 16.6. The monoisotopic (exact) mass is 700 g/mol. The van der Waals surface area contributed by atoms with E-state index in [9.17, 15) is 24.3 Å². The third kappa shape index (κ3) is 10.3. The van der Waals surface area contributed by atoms with Crippen molar-refractivity contribution in [2.75, 3.05) is 25.0 Å². The van der Waals surface area contributed by atoms with Gasteiger partial charge in [-0.1, -0.05) is 61.1 Å². The van der Waals surface area contributed by atoms with E-state index in [1.165, 1.54) is 17.2 Å². The van der Waals surface area contributed by atoms with E-state index in [4.69, 9.17) is 19.6 Å². The fraction of sp³-hybridized carbons (Fsp3) is 0.405. The largest absolute Gasteiger partial charge is 0.458 e. The first-order chi connectivity index (χ1) is 24.6. The third-order valence-electron chi connectivity index (χ3n) is 8.69. The Hall–Kier alpha value is -5.34. The molecule has 14 nitrogen and oxygen atoms in total. The summed E-state index contributed by atoms with van der Waals surface area (Å²) in [5.41, 5.74) is 7.39. The standard InChI is InChI=1S/C37H44N6O8/c1-23-8-6-16-39-32(45)15-14-24(2)34(28(38)21-50-37(48)42-31-19-25-9-3-4-10-26(25)20-40-31)51-36(47)30-12-7-17-43(30)35(46)29-22-49-33(41-29)13-5-11-27(44)18-23/h3-4,6,8-10,14-15,18-20,22,24,27-28,30,34,44H,5,7,11-13,16-17,21,38H2,1-2H3,(H,39,45)(H,40,42,48)/b8-6?,15-14+,23-18?/t24-,27+,28-,30-,34+/m1/s1. The minimum atomic E-state index is -1.04. The van der Waals surface area contributed by atoms with Crippen molar-refractivity contribution in [2.45, 2.75) is 70.2 Å². The number of nitrogens with one attached hydrogen (secondary N) is 2. The van der Waals surface area contributed by atoms with Crippen molar-refractivity contribution < 1.29 is 38.2 Å². The van der Waals surface area contributed by atoms with Crippen molar-refractivity contribution >= 4 is 40.5 Å². The fourth-order valence-corrected chi connectivity index (χ4v) is 6.00. The number of allylic oxidation sites excluding steroid dienone is 2. The van der Waals surface area contributed by atoms with E-state index >= 15 is 0 Å². The summed E-state index contributed by atoms with van der Waals surface area (Å²) < 4.78 is 16.9. The zero-order valence-electron chi connectivity index (χ0n) is 28.7. The minimum Gasteiger partial charge on any atom is -0.458 e. The maximum atomic E-state index is 13.7. The summed E-state index contributed by atoms with van der Waals surface area (Å²) in [5, 5.41) is 17.5. The molecular weight excluding hydrogens is 656 g/mol. The van der Waals surface area contributed by atoms with Crippen LogP contribution in [0.25, 0.3) is 10.8 Å². The number of hydrogen-bond donors (Lipinski definition) is 4. The Kier molecular flexibility index (Phi) is 12.7. The van der Waals surface area contributed by atoms with Crippen LogP contribution in [-0.4, -0.2) is 87.8 Å². The van der Waals surface area contributed by atoms with E-state index in [-0.39, 0.29) is 30.6 Å². The smallest absolute Gasteiger partial charge is 0.412 e. The minimum absolute atomic E-state index is 0.0698. The second kappa shape index (κ2) is 17.5. The predicted molar refractivity (Wildman–Crippen MR) is 188 cm³/mol. The number of fused-ring (bicyclic) bond motifs is 4. The van der Waals surface area contributed by atoms with Crippen molar-refractivity contribution in [3.8, 4) is 0 Å². The number of benzene rings is 1. The van der Waals surface area contributed by atoms with Gasteiger partial charge in [0.05, 0.1) is 12.1 Å². The molecular formula is C37H44N6O8. The van der Waals surface area contributed by atoms with Crippen LogP contribution in [0.4, 0.5) is 10.6 Å². The van der Waals surface area contributed by atoms with Gasteiger partial charge in [0.2, 0.25) is 5.91 Å². The molecule has 2 aliphatic rings. The number of pyridine rings is 1. The molecule has 4 heterocycles. The molecule has 5 N–H and O–H groups in total. The fourth-order valence-electron chi connectivity index (χ4n) is 6.00. The number of rotatable bonds is 4. The average Bonchev–Trinajstić information content (AvgIpc) is 3.80. The van der Waals surface area contributed by atoms with Crippen LogP contribution in [0.5, 0.6) is 0 Å². The summed E-state index contributed by atoms with van der Waals surface area (Å²) in [7, 11) is 0. The highest BCUT2D eigenvalue weighted by Gasteiger charge is 2.39. The molecule has 51 heavy (non-hydrogen) atoms. The number of amides is 3. The molecule has 2 aliphatic heterocycles. The first-order valence-electron chi connectivity index (χ1n) is 17.1. The zero-order chi connectivity index (χ0) is 36.3. The van der Waals surface area contributed by atoms with Crippen LogP contribution >= 0.6 is 0 Å². The maximum Gasteiger partial charge on any atom is 0.412 e. The summed E-state index contributed by atoms with van der Waals surface area (Å²) in [5.74, 6) is -1.50. The van der Waals surface area contributed by atoms with E-state index in [2.05, 4.69) is 20.6 Å². The number of cyclic esters (lactones) is 1. The number of ether oxygens (including phenoxy) is 2. The van der Waals surface area contributed by atoms with Gasteiger partial charge in [0.1, 0.15) is 30.8 Å². The Morgan fingerprint density at radius 1 is 1.18 bits per heavy atom. The maximum absolute atomic E-state index is 13.7. The molecule has 2 aromatic heterocycles. The molecule has 1 fully saturated rings. The van der Waals surface area contributed by atoms with Crippen LogP contribution in [0.2, 0.25) is 0 Å². The molecule has 0 spiro atoms. The van der Waals surface area contributed by atoms with Gasteiger partial charge < -0.3 is 34.9 Å². The van der Waals surface area contributed by atoms with Crippen LogP contribution in [0.1, 0.15) is 55.9 Å². The number of hydrogen-bond acceptors (Lipinski definition) is 11. The quantitative estimate of drug-likeness (QED) is 0.289. The molecule has 3 amide bonds. The first-order valence-corrected chi connectivity index (χ1v) is 17.1. The van der Waals surface area contributed by atoms with Crippen LogP contribution in [0, 0.1) is 5.92 Å². The second-order valence-corrected chi connectivity index (χ2v) is 12.7. The number of carbonyl (C=O) groups excluding carboxylic acids is 4. The van der Waals surface area contributed by atoms with Gasteiger partial charge in [-0.2, -0.15) is 0 Å². The molecule has 3 aromatic rings. The molecule has 0 unspecified atom stereocenters. The Labute approximate surface area is 295 Å². The normalized spacial score (nSPS) is 23.8. The van der Waals surface area contributed by atoms with Gasteiger partial charge in [0, 0.05) is 37.0 Å². The summed E-state index contributed by atoms with van der Waals surface area (Å²) in [6.07, 6.45) is 10.9. The Bertz CT molecular complexity index is 1800. The van der Waals surface area contributed by atoms with Gasteiger partial charge in [0.25, 0.3) is 5.91 Å². The molecule has 5 rings (SSSR count). The molecule has 14 heteroatoms. The van der Waals surface area contributed by atoms with E-state index in [1.54, 1.807) is 43.5 Å². The lowest BCUT2D eigenvalue weighted by molar-refractivity contribution is -0.157. The Morgan fingerprint density at radius 2 is 1.98 bits per heavy atom. The zero-order valence-corrected chi connectivity index (χ0v) is 28.7. The SMILES string of the molecule is CC1=C[C@@H](O)CCCc2nc(co2)C(=O)N2CCC[C@@H]2C(=O)O[C@H]([C@H](N)COC(=O)Nc2cc3ccccc3cn2)[C@H](C)/C=C/C(=O)NCC=C1. The number of oxazole rings is 1. The number of carbonyl (C=O) groups is 4. The Morgan fingerprint density at radius 3 is 2.80 bits per heavy atom. The highest BCUT2D eigenvalue weighted by molar-refractivity contribution is 5.95. The van der Waals surface area contributed by atoms with Gasteiger partial charge in [-0.05, 0) is 50.1 Å². The predicted octanol–water partition coefficient (Wildman–Crippen LogP) is 3.82. The number of aliphatic hydroxyl groups excluding tert-OH is 1. The van der Waals surface area contributed by atoms with Crippen molar-refractivity contribution in [1.29, 1.82) is 0 Å². The number of aromatic nitrogens is 2. The van der Waals surface area contributed by atoms with E-state index in [0.29, 0.717) is 44.5 Å². The van der Waals surface area contributed by atoms with E-state index < -0.39 is 48.2 Å². The van der Waals surface area contributed by atoms with E-state index in [1.807, 2.05) is 31.2 Å². The summed E-state index contributed by atoms with van der Waals surface area (Å²) in [4.78, 5) is 62.5. The molecule has 0 radical (unpaired) electrons. The number of aryl methyl sites for hydroxylation is 1. The summed E-state index contributed by atoms with van der Waals surface area (Å²) in [6.45, 7) is 3.79. The van der Waals surface area contributed by atoms with Gasteiger partial charge in [-0.3, -0.25) is 14.9 Å². The second-order valence-electron chi connectivity index (χ2n) is 12.7. The first kappa shape index (κ1) is 36.9.